The summed E-state index contributed by atoms with van der Waals surface area (Å²) in [5.74, 6) is 0.0693. The SMILES string of the molecule is C[C@H]1CC(=O)Nc2ccccc2N1C(=O)CN1CCN(C(=O)c2ccco2)CC1. The lowest BCUT2D eigenvalue weighted by Gasteiger charge is -2.36. The number of anilines is 2. The number of fused-ring (bicyclic) bond motifs is 1. The number of furan rings is 1. The van der Waals surface area contributed by atoms with Crippen LogP contribution in [0.2, 0.25) is 0 Å². The minimum absolute atomic E-state index is 0.0488. The van der Waals surface area contributed by atoms with E-state index in [1.807, 2.05) is 36.1 Å². The number of carbonyl (C=O) groups is 3. The van der Waals surface area contributed by atoms with E-state index in [1.54, 1.807) is 21.9 Å². The summed E-state index contributed by atoms with van der Waals surface area (Å²) in [6, 6.07) is 10.5. The summed E-state index contributed by atoms with van der Waals surface area (Å²) in [6.45, 7) is 4.44. The first-order valence-electron chi connectivity index (χ1n) is 9.79. The van der Waals surface area contributed by atoms with E-state index in [2.05, 4.69) is 5.32 Å². The monoisotopic (exact) mass is 396 g/mol. The van der Waals surface area contributed by atoms with E-state index >= 15 is 0 Å². The molecular formula is C21H24N4O4. The smallest absolute Gasteiger partial charge is 0.289 e. The number of piperazine rings is 1. The Hall–Kier alpha value is -3.13. The van der Waals surface area contributed by atoms with Crippen molar-refractivity contribution in [2.24, 2.45) is 0 Å². The largest absolute Gasteiger partial charge is 0.459 e. The highest BCUT2D eigenvalue weighted by molar-refractivity contribution is 6.05. The maximum absolute atomic E-state index is 13.2. The summed E-state index contributed by atoms with van der Waals surface area (Å²) in [6.07, 6.45) is 1.74. The van der Waals surface area contributed by atoms with Gasteiger partial charge in [-0.25, -0.2) is 0 Å². The number of para-hydroxylation sites is 2. The molecule has 1 atom stereocenters. The molecule has 1 aromatic carbocycles. The van der Waals surface area contributed by atoms with Gasteiger partial charge in [0, 0.05) is 38.6 Å². The van der Waals surface area contributed by atoms with Crippen LogP contribution >= 0.6 is 0 Å². The highest BCUT2D eigenvalue weighted by atomic mass is 16.3. The predicted octanol–water partition coefficient (Wildman–Crippen LogP) is 1.80. The Morgan fingerprint density at radius 2 is 1.86 bits per heavy atom. The van der Waals surface area contributed by atoms with Gasteiger partial charge in [-0.15, -0.1) is 0 Å². The molecule has 8 heteroatoms. The molecule has 3 amide bonds. The third kappa shape index (κ3) is 4.02. The van der Waals surface area contributed by atoms with Crippen molar-refractivity contribution in [3.05, 3.63) is 48.4 Å². The summed E-state index contributed by atoms with van der Waals surface area (Å²) in [5.41, 5.74) is 1.38. The second kappa shape index (κ2) is 8.08. The van der Waals surface area contributed by atoms with Gasteiger partial charge in [0.1, 0.15) is 0 Å². The molecule has 8 nitrogen and oxygen atoms in total. The van der Waals surface area contributed by atoms with E-state index in [4.69, 9.17) is 4.42 Å². The van der Waals surface area contributed by atoms with Crippen molar-refractivity contribution < 1.29 is 18.8 Å². The Morgan fingerprint density at radius 3 is 2.59 bits per heavy atom. The highest BCUT2D eigenvalue weighted by Crippen LogP contribution is 2.31. The average molecular weight is 396 g/mol. The van der Waals surface area contributed by atoms with Crippen LogP contribution in [0.1, 0.15) is 23.9 Å². The van der Waals surface area contributed by atoms with Crippen LogP contribution in [-0.2, 0) is 9.59 Å². The Bertz CT molecular complexity index is 903. The van der Waals surface area contributed by atoms with E-state index in [-0.39, 0.29) is 36.7 Å². The molecule has 0 unspecified atom stereocenters. The number of benzene rings is 1. The molecule has 4 rings (SSSR count). The number of amides is 3. The minimum atomic E-state index is -0.229. The first-order chi connectivity index (χ1) is 14.0. The van der Waals surface area contributed by atoms with Crippen LogP contribution in [0.15, 0.2) is 47.1 Å². The predicted molar refractivity (Wildman–Crippen MR) is 108 cm³/mol. The van der Waals surface area contributed by atoms with Crippen molar-refractivity contribution >= 4 is 29.1 Å². The fourth-order valence-electron chi connectivity index (χ4n) is 3.90. The molecule has 1 aromatic heterocycles. The molecule has 1 N–H and O–H groups in total. The van der Waals surface area contributed by atoms with Gasteiger partial charge in [0.15, 0.2) is 5.76 Å². The Kier molecular flexibility index (Phi) is 5.35. The van der Waals surface area contributed by atoms with Crippen LogP contribution in [0.4, 0.5) is 11.4 Å². The van der Waals surface area contributed by atoms with Crippen molar-refractivity contribution in [1.82, 2.24) is 9.80 Å². The number of nitrogens with zero attached hydrogens (tertiary/aromatic N) is 3. The zero-order valence-electron chi connectivity index (χ0n) is 16.3. The normalized spacial score (nSPS) is 20.0. The lowest BCUT2D eigenvalue weighted by Crippen LogP contribution is -2.52. The van der Waals surface area contributed by atoms with Gasteiger partial charge < -0.3 is 19.5 Å². The van der Waals surface area contributed by atoms with E-state index in [0.717, 1.165) is 5.69 Å². The zero-order chi connectivity index (χ0) is 20.4. The van der Waals surface area contributed by atoms with Crippen molar-refractivity contribution in [3.8, 4) is 0 Å². The van der Waals surface area contributed by atoms with E-state index in [0.29, 0.717) is 37.6 Å². The fraction of sp³-hybridized carbons (Fsp3) is 0.381. The summed E-state index contributed by atoms with van der Waals surface area (Å²) in [4.78, 5) is 43.1. The lowest BCUT2D eigenvalue weighted by atomic mass is 10.1. The standard InChI is InChI=1S/C21H24N4O4/c1-15-13-19(26)22-16-5-2-3-6-17(16)25(15)20(27)14-23-8-10-24(11-9-23)21(28)18-7-4-12-29-18/h2-7,12,15H,8-11,13-14H2,1H3,(H,22,26)/t15-/m0/s1. The van der Waals surface area contributed by atoms with E-state index < -0.39 is 0 Å². The average Bonchev–Trinajstić information content (AvgIpc) is 3.20. The molecular weight excluding hydrogens is 372 g/mol. The van der Waals surface area contributed by atoms with Crippen LogP contribution in [-0.4, -0.2) is 66.3 Å². The first kappa shape index (κ1) is 19.2. The van der Waals surface area contributed by atoms with Crippen molar-refractivity contribution in [3.63, 3.8) is 0 Å². The van der Waals surface area contributed by atoms with Crippen LogP contribution < -0.4 is 10.2 Å². The van der Waals surface area contributed by atoms with Gasteiger partial charge in [-0.05, 0) is 31.2 Å². The summed E-state index contributed by atoms with van der Waals surface area (Å²) in [7, 11) is 0. The molecule has 2 aliphatic rings. The zero-order valence-corrected chi connectivity index (χ0v) is 16.3. The van der Waals surface area contributed by atoms with Crippen LogP contribution in [0.25, 0.3) is 0 Å². The summed E-state index contributed by atoms with van der Waals surface area (Å²) < 4.78 is 5.19. The molecule has 2 aromatic rings. The van der Waals surface area contributed by atoms with Crippen LogP contribution in [0.3, 0.4) is 0 Å². The van der Waals surface area contributed by atoms with Crippen LogP contribution in [0.5, 0.6) is 0 Å². The molecule has 0 radical (unpaired) electrons. The number of hydrogen-bond donors (Lipinski definition) is 1. The van der Waals surface area contributed by atoms with Gasteiger partial charge >= 0.3 is 0 Å². The molecule has 0 bridgehead atoms. The molecule has 2 aliphatic heterocycles. The van der Waals surface area contributed by atoms with Crippen molar-refractivity contribution in [2.45, 2.75) is 19.4 Å². The number of hydrogen-bond acceptors (Lipinski definition) is 5. The molecule has 0 spiro atoms. The molecule has 3 heterocycles. The van der Waals surface area contributed by atoms with Gasteiger partial charge in [0.2, 0.25) is 11.8 Å². The summed E-state index contributed by atoms with van der Waals surface area (Å²) in [5, 5.41) is 2.87. The van der Waals surface area contributed by atoms with Crippen molar-refractivity contribution in [2.75, 3.05) is 42.9 Å². The van der Waals surface area contributed by atoms with Gasteiger partial charge in [-0.3, -0.25) is 19.3 Å². The van der Waals surface area contributed by atoms with Crippen molar-refractivity contribution in [1.29, 1.82) is 0 Å². The van der Waals surface area contributed by atoms with Gasteiger partial charge in [-0.1, -0.05) is 12.1 Å². The molecule has 29 heavy (non-hydrogen) atoms. The topological polar surface area (TPSA) is 86.1 Å². The van der Waals surface area contributed by atoms with Gasteiger partial charge in [-0.2, -0.15) is 0 Å². The van der Waals surface area contributed by atoms with Gasteiger partial charge in [0.05, 0.1) is 24.2 Å². The van der Waals surface area contributed by atoms with Gasteiger partial charge in [0.25, 0.3) is 5.91 Å². The molecule has 0 saturated carbocycles. The first-order valence-corrected chi connectivity index (χ1v) is 9.79. The maximum Gasteiger partial charge on any atom is 0.289 e. The Labute approximate surface area is 169 Å². The fourth-order valence-corrected chi connectivity index (χ4v) is 3.90. The maximum atomic E-state index is 13.2. The third-order valence-corrected chi connectivity index (χ3v) is 5.38. The highest BCUT2D eigenvalue weighted by Gasteiger charge is 2.31. The van der Waals surface area contributed by atoms with E-state index in [9.17, 15) is 14.4 Å². The molecule has 1 saturated heterocycles. The Morgan fingerprint density at radius 1 is 1.10 bits per heavy atom. The summed E-state index contributed by atoms with van der Waals surface area (Å²) >= 11 is 0. The van der Waals surface area contributed by atoms with E-state index in [1.165, 1.54) is 6.26 Å². The second-order valence-corrected chi connectivity index (χ2v) is 7.43. The number of rotatable bonds is 3. The Balaban J connectivity index is 1.41. The molecule has 1 fully saturated rings. The number of nitrogens with one attached hydrogen (secondary N) is 1. The van der Waals surface area contributed by atoms with Crippen LogP contribution in [0, 0.1) is 0 Å². The number of carbonyl (C=O) groups excluding carboxylic acids is 3. The quantitative estimate of drug-likeness (QED) is 0.855. The third-order valence-electron chi connectivity index (χ3n) is 5.38. The molecule has 0 aliphatic carbocycles. The minimum Gasteiger partial charge on any atom is -0.459 e. The second-order valence-electron chi connectivity index (χ2n) is 7.43. The molecule has 152 valence electrons. The lowest BCUT2D eigenvalue weighted by molar-refractivity contribution is -0.120.